The molecule has 0 amide bonds. The van der Waals surface area contributed by atoms with Gasteiger partial charge in [0.1, 0.15) is 0 Å². The highest BCUT2D eigenvalue weighted by atomic mass is 127. The summed E-state index contributed by atoms with van der Waals surface area (Å²) in [5.74, 6) is 0.955. The quantitative estimate of drug-likeness (QED) is 0.471. The smallest absolute Gasteiger partial charge is 0.0146 e. The zero-order chi connectivity index (χ0) is 6.15. The molecule has 2 heteroatoms. The molecule has 0 N–H and O–H groups in total. The molecule has 1 aliphatic rings. The van der Waals surface area contributed by atoms with Crippen LogP contribution in [0.5, 0.6) is 0 Å². The maximum Gasteiger partial charge on any atom is 0.0146 e. The van der Waals surface area contributed by atoms with Crippen LogP contribution in [0.1, 0.15) is 19.8 Å². The van der Waals surface area contributed by atoms with Gasteiger partial charge in [-0.3, -0.25) is 0 Å². The van der Waals surface area contributed by atoms with Gasteiger partial charge in [-0.1, -0.05) is 52.1 Å². The van der Waals surface area contributed by atoms with Gasteiger partial charge in [-0.25, -0.2) is 0 Å². The van der Waals surface area contributed by atoms with Gasteiger partial charge in [0.15, 0.2) is 0 Å². The van der Waals surface area contributed by atoms with E-state index < -0.39 is 0 Å². The van der Waals surface area contributed by atoms with E-state index in [0.717, 1.165) is 13.8 Å². The van der Waals surface area contributed by atoms with E-state index in [1.165, 1.54) is 12.8 Å². The topological polar surface area (TPSA) is 0 Å². The molecule has 0 aromatic heterocycles. The molecule has 0 aliphatic heterocycles. The highest BCUT2D eigenvalue weighted by Gasteiger charge is 2.28. The molecule has 1 saturated carbocycles. The zero-order valence-corrected chi connectivity index (χ0v) is 9.22. The highest BCUT2D eigenvalue weighted by Crippen LogP contribution is 2.36. The lowest BCUT2D eigenvalue weighted by Gasteiger charge is -2.08. The van der Waals surface area contributed by atoms with Gasteiger partial charge in [-0.05, 0) is 18.8 Å². The predicted molar refractivity (Wildman–Crippen MR) is 54.0 cm³/mol. The molecule has 1 rings (SSSR count). The minimum atomic E-state index is 0.953. The van der Waals surface area contributed by atoms with E-state index in [-0.39, 0.29) is 0 Å². The van der Waals surface area contributed by atoms with Crippen LogP contribution < -0.4 is 0 Å². The molecule has 3 atom stereocenters. The van der Waals surface area contributed by atoms with E-state index in [2.05, 4.69) is 52.1 Å². The average Bonchev–Trinajstić information content (AvgIpc) is 1.98. The van der Waals surface area contributed by atoms with Crippen molar-refractivity contribution in [1.29, 1.82) is 0 Å². The minimum Gasteiger partial charge on any atom is -0.0823 e. The lowest BCUT2D eigenvalue weighted by Crippen LogP contribution is -2.08. The molecule has 0 saturated heterocycles. The normalized spacial score (nSPS) is 47.6. The molecule has 0 unspecified atom stereocenters. The van der Waals surface area contributed by atoms with Gasteiger partial charge in [0, 0.05) is 7.85 Å². The Labute approximate surface area is 78.1 Å². The molecule has 0 bridgehead atoms. The van der Waals surface area contributed by atoms with E-state index in [0.29, 0.717) is 0 Å². The third-order valence-corrected chi connectivity index (χ3v) is 5.37. The molecule has 0 radical (unpaired) electrons. The SMILES string of the molecule is C[C@H]1[C@H](I)CC[C@@H]1I. The van der Waals surface area contributed by atoms with E-state index in [1.807, 2.05) is 0 Å². The lowest BCUT2D eigenvalue weighted by molar-refractivity contribution is 0.668. The number of rotatable bonds is 0. The summed E-state index contributed by atoms with van der Waals surface area (Å²) >= 11 is 5.14. The monoisotopic (exact) mass is 336 g/mol. The van der Waals surface area contributed by atoms with Gasteiger partial charge in [0.05, 0.1) is 0 Å². The first-order valence-electron chi connectivity index (χ1n) is 3.00. The minimum absolute atomic E-state index is 0.953. The molecular formula is C6H10I2. The summed E-state index contributed by atoms with van der Waals surface area (Å²) in [6, 6.07) is 0. The first kappa shape index (κ1) is 7.57. The van der Waals surface area contributed by atoms with E-state index in [1.54, 1.807) is 0 Å². The molecule has 0 spiro atoms. The molecule has 0 heterocycles. The molecule has 1 aliphatic carbocycles. The van der Waals surface area contributed by atoms with Crippen LogP contribution in [0.2, 0.25) is 0 Å². The van der Waals surface area contributed by atoms with Crippen molar-refractivity contribution in [2.75, 3.05) is 0 Å². The standard InChI is InChI=1S/C6H10I2/c1-4-5(7)2-3-6(4)8/h4-6H,2-3H2,1H3/t4-,5+,6-. The molecular weight excluding hydrogens is 326 g/mol. The summed E-state index contributed by atoms with van der Waals surface area (Å²) in [4.78, 5) is 0. The largest absolute Gasteiger partial charge is 0.0823 e. The van der Waals surface area contributed by atoms with Crippen LogP contribution in [0, 0.1) is 5.92 Å². The predicted octanol–water partition coefficient (Wildman–Crippen LogP) is 3.02. The zero-order valence-electron chi connectivity index (χ0n) is 4.90. The number of alkyl halides is 2. The summed E-state index contributed by atoms with van der Waals surface area (Å²) < 4.78 is 1.91. The van der Waals surface area contributed by atoms with Crippen molar-refractivity contribution in [3.05, 3.63) is 0 Å². The van der Waals surface area contributed by atoms with E-state index in [4.69, 9.17) is 0 Å². The van der Waals surface area contributed by atoms with Gasteiger partial charge in [0.2, 0.25) is 0 Å². The van der Waals surface area contributed by atoms with Crippen LogP contribution >= 0.6 is 45.2 Å². The van der Waals surface area contributed by atoms with Crippen LogP contribution in [-0.4, -0.2) is 7.85 Å². The number of halogens is 2. The molecule has 48 valence electrons. The Morgan fingerprint density at radius 1 is 1.12 bits per heavy atom. The Morgan fingerprint density at radius 2 is 1.50 bits per heavy atom. The number of hydrogen-bond acceptors (Lipinski definition) is 0. The number of hydrogen-bond donors (Lipinski definition) is 0. The Balaban J connectivity index is 2.44. The van der Waals surface area contributed by atoms with Gasteiger partial charge in [-0.15, -0.1) is 0 Å². The van der Waals surface area contributed by atoms with Crippen molar-refractivity contribution in [3.63, 3.8) is 0 Å². The second-order valence-corrected chi connectivity index (χ2v) is 5.67. The fourth-order valence-electron chi connectivity index (χ4n) is 1.07. The summed E-state index contributed by atoms with van der Waals surface area (Å²) in [5.41, 5.74) is 0. The highest BCUT2D eigenvalue weighted by molar-refractivity contribution is 14.1. The summed E-state index contributed by atoms with van der Waals surface area (Å²) in [5, 5.41) is 0. The third kappa shape index (κ3) is 1.49. The molecule has 0 nitrogen and oxygen atoms in total. The molecule has 1 fully saturated rings. The lowest BCUT2D eigenvalue weighted by atomic mass is 10.1. The van der Waals surface area contributed by atoms with Crippen molar-refractivity contribution in [2.45, 2.75) is 27.6 Å². The van der Waals surface area contributed by atoms with Gasteiger partial charge >= 0.3 is 0 Å². The van der Waals surface area contributed by atoms with Crippen molar-refractivity contribution < 1.29 is 0 Å². The van der Waals surface area contributed by atoms with Crippen molar-refractivity contribution in [1.82, 2.24) is 0 Å². The maximum atomic E-state index is 2.57. The van der Waals surface area contributed by atoms with Crippen molar-refractivity contribution in [3.8, 4) is 0 Å². The van der Waals surface area contributed by atoms with Crippen LogP contribution in [0.3, 0.4) is 0 Å². The summed E-state index contributed by atoms with van der Waals surface area (Å²) in [7, 11) is 0. The average molecular weight is 336 g/mol. The van der Waals surface area contributed by atoms with Gasteiger partial charge < -0.3 is 0 Å². The third-order valence-electron chi connectivity index (χ3n) is 1.86. The Bertz CT molecular complexity index is 72.6. The van der Waals surface area contributed by atoms with Crippen LogP contribution in [0.15, 0.2) is 0 Å². The van der Waals surface area contributed by atoms with Crippen molar-refractivity contribution >= 4 is 45.2 Å². The van der Waals surface area contributed by atoms with Gasteiger partial charge in [-0.2, -0.15) is 0 Å². The van der Waals surface area contributed by atoms with Crippen LogP contribution in [0.25, 0.3) is 0 Å². The fraction of sp³-hybridized carbons (Fsp3) is 1.00. The molecule has 0 aromatic rings. The molecule has 8 heavy (non-hydrogen) atoms. The summed E-state index contributed by atoms with van der Waals surface area (Å²) in [6.45, 7) is 2.36. The van der Waals surface area contributed by atoms with E-state index >= 15 is 0 Å². The molecule has 0 aromatic carbocycles. The first-order chi connectivity index (χ1) is 3.72. The van der Waals surface area contributed by atoms with Crippen molar-refractivity contribution in [2.24, 2.45) is 5.92 Å². The Morgan fingerprint density at radius 3 is 1.62 bits per heavy atom. The van der Waals surface area contributed by atoms with Crippen LogP contribution in [-0.2, 0) is 0 Å². The maximum absolute atomic E-state index is 2.57. The van der Waals surface area contributed by atoms with E-state index in [9.17, 15) is 0 Å². The summed E-state index contributed by atoms with van der Waals surface area (Å²) in [6.07, 6.45) is 2.88. The Kier molecular flexibility index (Phi) is 2.87. The Hall–Kier alpha value is 1.46. The fourth-order valence-corrected chi connectivity index (χ4v) is 3.59. The first-order valence-corrected chi connectivity index (χ1v) is 5.49. The second-order valence-electron chi connectivity index (χ2n) is 2.47. The van der Waals surface area contributed by atoms with Crippen LogP contribution in [0.4, 0.5) is 0 Å². The van der Waals surface area contributed by atoms with Gasteiger partial charge in [0.25, 0.3) is 0 Å². The second kappa shape index (κ2) is 3.03.